The van der Waals surface area contributed by atoms with Crippen molar-refractivity contribution < 1.29 is 19.1 Å². The second kappa shape index (κ2) is 7.25. The fourth-order valence-electron chi connectivity index (χ4n) is 2.41. The number of aryl methyl sites for hydroxylation is 1. The number of ether oxygens (including phenoxy) is 2. The lowest BCUT2D eigenvalue weighted by Gasteiger charge is -2.13. The van der Waals surface area contributed by atoms with Gasteiger partial charge in [-0.1, -0.05) is 31.5 Å². The molecule has 0 aromatic heterocycles. The molecule has 7 heteroatoms. The summed E-state index contributed by atoms with van der Waals surface area (Å²) in [6.07, 6.45) is 0. The van der Waals surface area contributed by atoms with Gasteiger partial charge in [-0.05, 0) is 36.8 Å². The zero-order chi connectivity index (χ0) is 18.8. The third-order valence-electron chi connectivity index (χ3n) is 3.97. The molecule has 26 heavy (non-hydrogen) atoms. The van der Waals surface area contributed by atoms with Crippen LogP contribution in [-0.4, -0.2) is 18.6 Å². The number of carbonyl (C=O) groups excluding carboxylic acids is 2. The van der Waals surface area contributed by atoms with Crippen molar-refractivity contribution in [2.45, 2.75) is 20.8 Å². The summed E-state index contributed by atoms with van der Waals surface area (Å²) in [5.41, 5.74) is 2.45. The number of benzene rings is 2. The molecular formula is C19H19ClN2O4. The Kier molecular flexibility index (Phi) is 5.04. The Hall–Kier alpha value is -2.73. The van der Waals surface area contributed by atoms with E-state index in [-0.39, 0.29) is 24.5 Å². The molecule has 2 aromatic carbocycles. The van der Waals surface area contributed by atoms with Crippen LogP contribution in [0.4, 0.5) is 11.4 Å². The van der Waals surface area contributed by atoms with E-state index in [1.54, 1.807) is 18.2 Å². The van der Waals surface area contributed by atoms with Gasteiger partial charge in [-0.25, -0.2) is 0 Å². The molecule has 0 radical (unpaired) electrons. The topological polar surface area (TPSA) is 76.7 Å². The fourth-order valence-corrected chi connectivity index (χ4v) is 2.68. The summed E-state index contributed by atoms with van der Waals surface area (Å²) in [6, 6.07) is 8.47. The Morgan fingerprint density at radius 2 is 1.88 bits per heavy atom. The van der Waals surface area contributed by atoms with E-state index in [1.807, 2.05) is 26.8 Å². The number of amides is 2. The van der Waals surface area contributed by atoms with E-state index < -0.39 is 0 Å². The van der Waals surface area contributed by atoms with Crippen LogP contribution in [0.25, 0.3) is 0 Å². The third kappa shape index (κ3) is 3.75. The van der Waals surface area contributed by atoms with Crippen LogP contribution in [-0.2, 0) is 4.79 Å². The van der Waals surface area contributed by atoms with E-state index in [0.29, 0.717) is 33.5 Å². The zero-order valence-electron chi connectivity index (χ0n) is 14.7. The van der Waals surface area contributed by atoms with Crippen LogP contribution in [0.1, 0.15) is 29.8 Å². The molecule has 0 atom stereocenters. The van der Waals surface area contributed by atoms with E-state index in [9.17, 15) is 9.59 Å². The number of fused-ring (bicyclic) bond motifs is 1. The smallest absolute Gasteiger partial charge is 0.255 e. The highest BCUT2D eigenvalue weighted by atomic mass is 35.5. The molecule has 3 rings (SSSR count). The van der Waals surface area contributed by atoms with Gasteiger partial charge >= 0.3 is 0 Å². The summed E-state index contributed by atoms with van der Waals surface area (Å²) in [4.78, 5) is 24.5. The lowest BCUT2D eigenvalue weighted by Crippen LogP contribution is -2.18. The van der Waals surface area contributed by atoms with Gasteiger partial charge in [0.25, 0.3) is 5.91 Å². The highest BCUT2D eigenvalue weighted by Gasteiger charge is 2.21. The van der Waals surface area contributed by atoms with Gasteiger partial charge in [0.15, 0.2) is 11.5 Å². The van der Waals surface area contributed by atoms with Crippen LogP contribution in [0.2, 0.25) is 5.02 Å². The maximum Gasteiger partial charge on any atom is 0.255 e. The van der Waals surface area contributed by atoms with Crippen molar-refractivity contribution in [1.29, 1.82) is 0 Å². The predicted octanol–water partition coefficient (Wildman–Crippen LogP) is 4.22. The number of nitrogens with one attached hydrogen (secondary N) is 2. The average molecular weight is 375 g/mol. The van der Waals surface area contributed by atoms with Crippen molar-refractivity contribution in [3.63, 3.8) is 0 Å². The second-order valence-electron chi connectivity index (χ2n) is 6.32. The predicted molar refractivity (Wildman–Crippen MR) is 100 cm³/mol. The zero-order valence-corrected chi connectivity index (χ0v) is 15.4. The summed E-state index contributed by atoms with van der Waals surface area (Å²) in [5, 5.41) is 5.98. The van der Waals surface area contributed by atoms with Gasteiger partial charge in [0, 0.05) is 22.9 Å². The number of hydrogen-bond acceptors (Lipinski definition) is 4. The Bertz CT molecular complexity index is 880. The molecule has 0 bridgehead atoms. The molecule has 1 aliphatic heterocycles. The molecule has 0 fully saturated rings. The molecule has 0 spiro atoms. The SMILES string of the molecule is Cc1ccc(NC(=O)C(C)C)cc1NC(=O)c1cc(Cl)c2c(c1)OCO2. The molecule has 0 saturated heterocycles. The summed E-state index contributed by atoms with van der Waals surface area (Å²) in [7, 11) is 0. The lowest BCUT2D eigenvalue weighted by molar-refractivity contribution is -0.118. The van der Waals surface area contributed by atoms with Gasteiger partial charge in [-0.3, -0.25) is 9.59 Å². The molecule has 0 unspecified atom stereocenters. The van der Waals surface area contributed by atoms with Gasteiger partial charge in [0.05, 0.1) is 5.02 Å². The normalized spacial score (nSPS) is 12.2. The fraction of sp³-hybridized carbons (Fsp3) is 0.263. The van der Waals surface area contributed by atoms with Crippen LogP contribution < -0.4 is 20.1 Å². The molecular weight excluding hydrogens is 356 g/mol. The quantitative estimate of drug-likeness (QED) is 0.839. The Labute approximate surface area is 156 Å². The third-order valence-corrected chi connectivity index (χ3v) is 4.25. The van der Waals surface area contributed by atoms with Gasteiger partial charge in [-0.15, -0.1) is 0 Å². The molecule has 1 aliphatic rings. The van der Waals surface area contributed by atoms with Crippen LogP contribution >= 0.6 is 11.6 Å². The lowest BCUT2D eigenvalue weighted by atomic mass is 10.1. The number of anilines is 2. The number of hydrogen-bond donors (Lipinski definition) is 2. The second-order valence-corrected chi connectivity index (χ2v) is 6.73. The molecule has 2 amide bonds. The van der Waals surface area contributed by atoms with Crippen molar-refractivity contribution in [3.05, 3.63) is 46.5 Å². The first-order valence-corrected chi connectivity index (χ1v) is 8.55. The van der Waals surface area contributed by atoms with E-state index >= 15 is 0 Å². The van der Waals surface area contributed by atoms with Gasteiger partial charge in [0.1, 0.15) is 0 Å². The molecule has 0 saturated carbocycles. The molecule has 136 valence electrons. The average Bonchev–Trinajstić information content (AvgIpc) is 3.06. The highest BCUT2D eigenvalue weighted by molar-refractivity contribution is 6.32. The molecule has 2 N–H and O–H groups in total. The minimum Gasteiger partial charge on any atom is -0.454 e. The van der Waals surface area contributed by atoms with Gasteiger partial charge in [-0.2, -0.15) is 0 Å². The van der Waals surface area contributed by atoms with Crippen LogP contribution in [0.15, 0.2) is 30.3 Å². The Balaban J connectivity index is 1.81. The first-order valence-electron chi connectivity index (χ1n) is 8.17. The van der Waals surface area contributed by atoms with E-state index in [2.05, 4.69) is 10.6 Å². The first-order chi connectivity index (χ1) is 12.3. The molecule has 2 aromatic rings. The number of rotatable bonds is 4. The van der Waals surface area contributed by atoms with Crippen LogP contribution in [0, 0.1) is 12.8 Å². The maximum atomic E-state index is 12.6. The number of carbonyl (C=O) groups is 2. The van der Waals surface area contributed by atoms with Crippen LogP contribution in [0.3, 0.4) is 0 Å². The van der Waals surface area contributed by atoms with Crippen molar-refractivity contribution in [1.82, 2.24) is 0 Å². The van der Waals surface area contributed by atoms with Gasteiger partial charge < -0.3 is 20.1 Å². The minimum absolute atomic E-state index is 0.0802. The Morgan fingerprint density at radius 3 is 2.62 bits per heavy atom. The van der Waals surface area contributed by atoms with E-state index in [0.717, 1.165) is 5.56 Å². The van der Waals surface area contributed by atoms with Crippen LogP contribution in [0.5, 0.6) is 11.5 Å². The Morgan fingerprint density at radius 1 is 1.12 bits per heavy atom. The highest BCUT2D eigenvalue weighted by Crippen LogP contribution is 2.40. The van der Waals surface area contributed by atoms with Gasteiger partial charge in [0.2, 0.25) is 12.7 Å². The maximum absolute atomic E-state index is 12.6. The van der Waals surface area contributed by atoms with E-state index in [1.165, 1.54) is 6.07 Å². The molecule has 0 aliphatic carbocycles. The monoisotopic (exact) mass is 374 g/mol. The first kappa shape index (κ1) is 18.1. The van der Waals surface area contributed by atoms with Crippen molar-refractivity contribution in [2.24, 2.45) is 5.92 Å². The van der Waals surface area contributed by atoms with E-state index in [4.69, 9.17) is 21.1 Å². The van der Waals surface area contributed by atoms with Crippen molar-refractivity contribution >= 4 is 34.8 Å². The summed E-state index contributed by atoms with van der Waals surface area (Å²) in [5.74, 6) is 0.328. The summed E-state index contributed by atoms with van der Waals surface area (Å²) < 4.78 is 10.5. The molecule has 6 nitrogen and oxygen atoms in total. The minimum atomic E-state index is -0.333. The summed E-state index contributed by atoms with van der Waals surface area (Å²) in [6.45, 7) is 5.58. The standard InChI is InChI=1S/C19H19ClN2O4/c1-10(2)18(23)21-13-5-4-11(3)15(8-13)22-19(24)12-6-14(20)17-16(7-12)25-9-26-17/h4-8,10H,9H2,1-3H3,(H,21,23)(H,22,24). The van der Waals surface area contributed by atoms with Crippen molar-refractivity contribution in [3.8, 4) is 11.5 Å². The largest absolute Gasteiger partial charge is 0.454 e. The molecule has 1 heterocycles. The number of halogens is 1. The van der Waals surface area contributed by atoms with Crippen molar-refractivity contribution in [2.75, 3.05) is 17.4 Å². The summed E-state index contributed by atoms with van der Waals surface area (Å²) >= 11 is 6.13.